The van der Waals surface area contributed by atoms with Gasteiger partial charge >= 0.3 is 0 Å². The van der Waals surface area contributed by atoms with Crippen LogP contribution in [0.1, 0.15) is 200 Å². The summed E-state index contributed by atoms with van der Waals surface area (Å²) in [6.45, 7) is 13.1. The summed E-state index contributed by atoms with van der Waals surface area (Å²) < 4.78 is 33.7. The lowest BCUT2D eigenvalue weighted by molar-refractivity contribution is -0.946. The highest BCUT2D eigenvalue weighted by molar-refractivity contribution is 7.80. The molecule has 1 rings (SSSR count). The monoisotopic (exact) mass is 690 g/mol. The number of nitrogens with zero attached hydrogens (tertiary/aromatic N) is 2. The predicted octanol–water partition coefficient (Wildman–Crippen LogP) is 11.3. The average molecular weight is 690 g/mol. The molecule has 2 unspecified atom stereocenters. The van der Waals surface area contributed by atoms with Crippen LogP contribution in [-0.4, -0.2) is 82.4 Å². The standard InChI is InChI=1S/C39H82N2.CH4O4S/c1-5-7-9-11-13-15-17-19-21-23-25-27-29-31-34-40(3)36-33-37-41(4,39-38-40)35-32-30-28-26-24-22-20-18-16-14-12-10-8-6-2;1-5-6(2,3)4/h5-39H2,1-4H3;1H3,(H,2,3,4)/q+2;/p-1. The largest absolute Gasteiger partial charge is 0.726 e. The van der Waals surface area contributed by atoms with Gasteiger partial charge in [0.2, 0.25) is 10.4 Å². The first kappa shape index (κ1) is 46.8. The van der Waals surface area contributed by atoms with Crippen LogP contribution < -0.4 is 0 Å². The van der Waals surface area contributed by atoms with Gasteiger partial charge in [-0.25, -0.2) is 8.42 Å². The molecule has 1 aliphatic heterocycles. The molecule has 2 atom stereocenters. The van der Waals surface area contributed by atoms with E-state index < -0.39 is 10.4 Å². The van der Waals surface area contributed by atoms with Crippen molar-refractivity contribution in [1.29, 1.82) is 0 Å². The van der Waals surface area contributed by atoms with E-state index in [0.29, 0.717) is 0 Å². The summed E-state index contributed by atoms with van der Waals surface area (Å²) in [6, 6.07) is 0. The smallest absolute Gasteiger partial charge is 0.217 e. The molecule has 0 radical (unpaired) electrons. The minimum atomic E-state index is -4.41. The Morgan fingerprint density at radius 2 is 0.660 bits per heavy atom. The lowest BCUT2D eigenvalue weighted by atomic mass is 10.0. The van der Waals surface area contributed by atoms with E-state index in [9.17, 15) is 13.0 Å². The molecule has 0 spiro atoms. The SMILES string of the molecule is CCCCCCCCCCCCCCCC[N+]1(C)CCC[N+](C)(CCCCCCCCCCCCCCCC)CC1.COS(=O)(=O)[O-]. The lowest BCUT2D eigenvalue weighted by Gasteiger charge is -2.35. The first-order chi connectivity index (χ1) is 22.6. The molecular weight excluding hydrogens is 605 g/mol. The second kappa shape index (κ2) is 31.7. The molecule has 0 N–H and O–H groups in total. The van der Waals surface area contributed by atoms with Crippen LogP contribution in [0.3, 0.4) is 0 Å². The molecule has 47 heavy (non-hydrogen) atoms. The highest BCUT2D eigenvalue weighted by Gasteiger charge is 2.32. The van der Waals surface area contributed by atoms with Crippen molar-refractivity contribution in [3.8, 4) is 0 Å². The van der Waals surface area contributed by atoms with Crippen LogP contribution in [0.15, 0.2) is 0 Å². The molecule has 7 heteroatoms. The van der Waals surface area contributed by atoms with Crippen LogP contribution >= 0.6 is 0 Å². The van der Waals surface area contributed by atoms with Gasteiger partial charge in [0.25, 0.3) is 0 Å². The topological polar surface area (TPSA) is 66.4 Å². The minimum Gasteiger partial charge on any atom is -0.726 e. The number of rotatable bonds is 31. The number of unbranched alkanes of at least 4 members (excludes halogenated alkanes) is 26. The van der Waals surface area contributed by atoms with Gasteiger partial charge in [-0.3, -0.25) is 4.18 Å². The van der Waals surface area contributed by atoms with Crippen molar-refractivity contribution in [1.82, 2.24) is 0 Å². The van der Waals surface area contributed by atoms with E-state index in [0.717, 1.165) is 7.11 Å². The summed E-state index contributed by atoms with van der Waals surface area (Å²) >= 11 is 0. The number of likely N-dealkylation sites (N-methyl/N-ethyl adjacent to an activating group) is 2. The van der Waals surface area contributed by atoms with Gasteiger partial charge in [-0.1, -0.05) is 168 Å². The second-order valence-electron chi connectivity index (χ2n) is 15.7. The van der Waals surface area contributed by atoms with E-state index >= 15 is 0 Å². The fourth-order valence-corrected chi connectivity index (χ4v) is 7.36. The van der Waals surface area contributed by atoms with Crippen LogP contribution in [0.5, 0.6) is 0 Å². The van der Waals surface area contributed by atoms with Gasteiger partial charge in [0, 0.05) is 6.42 Å². The fraction of sp³-hybridized carbons (Fsp3) is 1.00. The van der Waals surface area contributed by atoms with Crippen molar-refractivity contribution in [2.24, 2.45) is 0 Å². The Labute approximate surface area is 296 Å². The molecule has 0 aliphatic carbocycles. The molecular formula is C40H85N2O4S+. The van der Waals surface area contributed by atoms with Gasteiger partial charge in [-0.05, 0) is 25.7 Å². The quantitative estimate of drug-likeness (QED) is 0.0314. The maximum absolute atomic E-state index is 9.22. The highest BCUT2D eigenvalue weighted by atomic mass is 32.3. The summed E-state index contributed by atoms with van der Waals surface area (Å²) in [5.74, 6) is 0. The molecule has 0 saturated carbocycles. The third-order valence-electron chi connectivity index (χ3n) is 10.9. The molecule has 0 amide bonds. The second-order valence-corrected chi connectivity index (χ2v) is 16.9. The van der Waals surface area contributed by atoms with Crippen LogP contribution in [0.25, 0.3) is 0 Å². The zero-order chi connectivity index (χ0) is 35.0. The Bertz CT molecular complexity index is 719. The fourth-order valence-electron chi connectivity index (χ4n) is 7.36. The van der Waals surface area contributed by atoms with Crippen molar-refractivity contribution in [3.63, 3.8) is 0 Å². The summed E-state index contributed by atoms with van der Waals surface area (Å²) in [4.78, 5) is 0. The Kier molecular flexibility index (Phi) is 31.6. The number of hydrogen-bond donors (Lipinski definition) is 0. The third-order valence-corrected chi connectivity index (χ3v) is 11.3. The molecule has 1 saturated heterocycles. The van der Waals surface area contributed by atoms with Crippen LogP contribution in [-0.2, 0) is 14.6 Å². The molecule has 1 fully saturated rings. The molecule has 1 heterocycles. The van der Waals surface area contributed by atoms with Gasteiger partial charge in [0.05, 0.1) is 47.4 Å². The highest BCUT2D eigenvalue weighted by Crippen LogP contribution is 2.20. The first-order valence-corrected chi connectivity index (χ1v) is 22.1. The maximum Gasteiger partial charge on any atom is 0.217 e. The van der Waals surface area contributed by atoms with Crippen molar-refractivity contribution in [3.05, 3.63) is 0 Å². The normalized spacial score (nSPS) is 20.1. The summed E-state index contributed by atoms with van der Waals surface area (Å²) in [5, 5.41) is 0. The van der Waals surface area contributed by atoms with Crippen molar-refractivity contribution in [2.45, 2.75) is 200 Å². The zero-order valence-corrected chi connectivity index (χ0v) is 33.5. The van der Waals surface area contributed by atoms with Crippen molar-refractivity contribution < 1.29 is 26.1 Å². The molecule has 0 aromatic heterocycles. The Morgan fingerprint density at radius 3 is 0.872 bits per heavy atom. The van der Waals surface area contributed by atoms with E-state index in [-0.39, 0.29) is 0 Å². The van der Waals surface area contributed by atoms with Crippen LogP contribution in [0.4, 0.5) is 0 Å². The van der Waals surface area contributed by atoms with Gasteiger partial charge in [0.1, 0.15) is 13.1 Å². The first-order valence-electron chi connectivity index (χ1n) is 20.8. The maximum atomic E-state index is 9.22. The van der Waals surface area contributed by atoms with E-state index in [1.165, 1.54) is 234 Å². The van der Waals surface area contributed by atoms with E-state index in [1.807, 2.05) is 0 Å². The summed E-state index contributed by atoms with van der Waals surface area (Å²) in [6.07, 6.45) is 42.5. The summed E-state index contributed by atoms with van der Waals surface area (Å²) in [5.41, 5.74) is 0. The lowest BCUT2D eigenvalue weighted by Crippen LogP contribution is -2.51. The molecule has 6 nitrogen and oxygen atoms in total. The number of quaternary nitrogens is 2. The molecule has 1 aliphatic rings. The molecule has 0 bridgehead atoms. The van der Waals surface area contributed by atoms with Crippen LogP contribution in [0, 0.1) is 0 Å². The Balaban J connectivity index is 0.00000320. The van der Waals surface area contributed by atoms with Crippen molar-refractivity contribution >= 4 is 10.4 Å². The number of hydrogen-bond acceptors (Lipinski definition) is 4. The van der Waals surface area contributed by atoms with E-state index in [4.69, 9.17) is 0 Å². The molecule has 0 aromatic carbocycles. The zero-order valence-electron chi connectivity index (χ0n) is 32.7. The van der Waals surface area contributed by atoms with Gasteiger partial charge in [0.15, 0.2) is 0 Å². The predicted molar refractivity (Wildman–Crippen MR) is 204 cm³/mol. The van der Waals surface area contributed by atoms with Gasteiger partial charge < -0.3 is 13.5 Å². The third kappa shape index (κ3) is 32.7. The molecule has 0 aromatic rings. The van der Waals surface area contributed by atoms with E-state index in [2.05, 4.69) is 32.1 Å². The van der Waals surface area contributed by atoms with Crippen molar-refractivity contribution in [2.75, 3.05) is 60.5 Å². The average Bonchev–Trinajstić information content (AvgIpc) is 3.19. The van der Waals surface area contributed by atoms with E-state index in [1.54, 1.807) is 0 Å². The Hall–Kier alpha value is -0.210. The van der Waals surface area contributed by atoms with Crippen LogP contribution in [0.2, 0.25) is 0 Å². The minimum absolute atomic E-state index is 0.808. The summed E-state index contributed by atoms with van der Waals surface area (Å²) in [7, 11) is 1.54. The molecule has 284 valence electrons. The van der Waals surface area contributed by atoms with Gasteiger partial charge in [-0.15, -0.1) is 0 Å². The van der Waals surface area contributed by atoms with Gasteiger partial charge in [-0.2, -0.15) is 0 Å². The Morgan fingerprint density at radius 1 is 0.447 bits per heavy atom.